The second kappa shape index (κ2) is 10.7. The van der Waals surface area contributed by atoms with Crippen molar-refractivity contribution in [1.82, 2.24) is 5.43 Å². The minimum Gasteiger partial charge on any atom is -0.497 e. The van der Waals surface area contributed by atoms with Crippen LogP contribution in [-0.4, -0.2) is 13.0 Å². The van der Waals surface area contributed by atoms with Crippen LogP contribution in [0.25, 0.3) is 0 Å². The second-order valence-electron chi connectivity index (χ2n) is 7.76. The van der Waals surface area contributed by atoms with Crippen molar-refractivity contribution in [3.05, 3.63) is 108 Å². The Bertz CT molecular complexity index is 1310. The van der Waals surface area contributed by atoms with E-state index in [1.54, 1.807) is 31.4 Å². The Morgan fingerprint density at radius 2 is 1.17 bits per heavy atom. The number of nitrogens with one attached hydrogen (secondary N) is 4. The van der Waals surface area contributed by atoms with E-state index in [2.05, 4.69) is 21.5 Å². The lowest BCUT2D eigenvalue weighted by atomic mass is 10.1. The normalized spacial score (nSPS) is 10.9. The van der Waals surface area contributed by atoms with Crippen molar-refractivity contribution < 1.29 is 22.7 Å². The minimum atomic E-state index is -4.54. The number of hydrogen-bond donors (Lipinski definition) is 4. The van der Waals surface area contributed by atoms with Gasteiger partial charge in [0.1, 0.15) is 5.75 Å². The number of para-hydroxylation sites is 1. The number of rotatable bonds is 8. The monoisotopic (exact) mass is 492 g/mol. The van der Waals surface area contributed by atoms with Crippen LogP contribution in [0, 0.1) is 0 Å². The third-order valence-electron chi connectivity index (χ3n) is 5.24. The molecule has 9 heteroatoms. The number of methoxy groups -OCH3 is 1. The van der Waals surface area contributed by atoms with Gasteiger partial charge in [-0.15, -0.1) is 0 Å². The lowest BCUT2D eigenvalue weighted by molar-refractivity contribution is -0.137. The van der Waals surface area contributed by atoms with E-state index in [0.29, 0.717) is 0 Å². The average Bonchev–Trinajstić information content (AvgIpc) is 2.89. The Balaban J connectivity index is 1.32. The van der Waals surface area contributed by atoms with Crippen molar-refractivity contribution in [2.45, 2.75) is 6.18 Å². The maximum absolute atomic E-state index is 13.1. The number of benzene rings is 4. The van der Waals surface area contributed by atoms with Gasteiger partial charge in [-0.1, -0.05) is 12.1 Å². The highest BCUT2D eigenvalue weighted by Gasteiger charge is 2.33. The lowest BCUT2D eigenvalue weighted by Gasteiger charge is -2.15. The predicted molar refractivity (Wildman–Crippen MR) is 135 cm³/mol. The standard InChI is InChI=1S/C27H23F3N4O2/c1-36-23-16-14-22(15-17-23)32-21-12-10-20(11-13-21)31-19-8-6-18(7-9-19)26(35)34-33-25-5-3-2-4-24(25)27(28,29)30/h2-17,31-33H,1H3,(H,34,35). The first kappa shape index (κ1) is 24.5. The molecule has 0 aliphatic carbocycles. The fraction of sp³-hybridized carbons (Fsp3) is 0.0741. The van der Waals surface area contributed by atoms with Gasteiger partial charge in [0.05, 0.1) is 18.4 Å². The molecule has 0 aliphatic heterocycles. The summed E-state index contributed by atoms with van der Waals surface area (Å²) in [5, 5.41) is 6.55. The Hall–Kier alpha value is -4.66. The molecule has 4 rings (SSSR count). The van der Waals surface area contributed by atoms with Crippen LogP contribution in [0.15, 0.2) is 97.1 Å². The van der Waals surface area contributed by atoms with Gasteiger partial charge in [-0.25, -0.2) is 0 Å². The Morgan fingerprint density at radius 3 is 1.67 bits per heavy atom. The molecule has 0 fully saturated rings. The summed E-state index contributed by atoms with van der Waals surface area (Å²) in [6.45, 7) is 0. The number of hydrogen-bond acceptors (Lipinski definition) is 5. The van der Waals surface area contributed by atoms with Gasteiger partial charge in [0, 0.05) is 28.3 Å². The molecule has 4 aromatic rings. The molecule has 4 N–H and O–H groups in total. The molecule has 0 bridgehead atoms. The molecule has 0 unspecified atom stereocenters. The average molecular weight is 493 g/mol. The van der Waals surface area contributed by atoms with Crippen LogP contribution in [0.4, 0.5) is 41.6 Å². The molecule has 0 saturated heterocycles. The minimum absolute atomic E-state index is 0.235. The van der Waals surface area contributed by atoms with E-state index in [0.717, 1.165) is 34.6 Å². The maximum atomic E-state index is 13.1. The van der Waals surface area contributed by atoms with Crippen LogP contribution >= 0.6 is 0 Å². The largest absolute Gasteiger partial charge is 0.497 e. The summed E-state index contributed by atoms with van der Waals surface area (Å²) in [7, 11) is 1.62. The van der Waals surface area contributed by atoms with Gasteiger partial charge in [-0.2, -0.15) is 13.2 Å². The smallest absolute Gasteiger partial charge is 0.418 e. The van der Waals surface area contributed by atoms with E-state index in [-0.39, 0.29) is 11.3 Å². The molecule has 1 amide bonds. The molecule has 0 atom stereocenters. The summed E-state index contributed by atoms with van der Waals surface area (Å²) in [6.07, 6.45) is -4.54. The van der Waals surface area contributed by atoms with Gasteiger partial charge in [-0.3, -0.25) is 15.6 Å². The molecule has 0 aliphatic rings. The number of ether oxygens (including phenoxy) is 1. The van der Waals surface area contributed by atoms with E-state index >= 15 is 0 Å². The van der Waals surface area contributed by atoms with E-state index in [1.165, 1.54) is 18.2 Å². The first-order valence-electron chi connectivity index (χ1n) is 10.9. The summed E-state index contributed by atoms with van der Waals surface area (Å²) >= 11 is 0. The van der Waals surface area contributed by atoms with Crippen molar-refractivity contribution in [2.24, 2.45) is 0 Å². The van der Waals surface area contributed by atoms with E-state index < -0.39 is 17.6 Å². The number of amides is 1. The van der Waals surface area contributed by atoms with Crippen molar-refractivity contribution in [1.29, 1.82) is 0 Å². The number of hydrazine groups is 1. The van der Waals surface area contributed by atoms with Crippen LogP contribution in [-0.2, 0) is 6.18 Å². The Morgan fingerprint density at radius 1 is 0.694 bits per heavy atom. The van der Waals surface area contributed by atoms with Gasteiger partial charge in [0.15, 0.2) is 0 Å². The quantitative estimate of drug-likeness (QED) is 0.200. The van der Waals surface area contributed by atoms with Crippen LogP contribution in [0.5, 0.6) is 5.75 Å². The maximum Gasteiger partial charge on any atom is 0.418 e. The van der Waals surface area contributed by atoms with Crippen LogP contribution in [0.1, 0.15) is 15.9 Å². The van der Waals surface area contributed by atoms with Crippen LogP contribution in [0.2, 0.25) is 0 Å². The number of carbonyl (C=O) groups excluding carboxylic acids is 1. The summed E-state index contributed by atoms with van der Waals surface area (Å²) < 4.78 is 44.5. The fourth-order valence-electron chi connectivity index (χ4n) is 3.39. The lowest BCUT2D eigenvalue weighted by Crippen LogP contribution is -2.30. The molecule has 184 valence electrons. The highest BCUT2D eigenvalue weighted by atomic mass is 19.4. The van der Waals surface area contributed by atoms with Gasteiger partial charge in [0.2, 0.25) is 0 Å². The third-order valence-corrected chi connectivity index (χ3v) is 5.24. The van der Waals surface area contributed by atoms with Crippen LogP contribution < -0.4 is 26.2 Å². The highest BCUT2D eigenvalue weighted by Crippen LogP contribution is 2.34. The number of carbonyl (C=O) groups is 1. The number of alkyl halides is 3. The summed E-state index contributed by atoms with van der Waals surface area (Å²) in [6, 6.07) is 26.8. The zero-order valence-electron chi connectivity index (χ0n) is 19.2. The summed E-state index contributed by atoms with van der Waals surface area (Å²) in [5.74, 6) is 0.221. The first-order valence-corrected chi connectivity index (χ1v) is 10.9. The first-order chi connectivity index (χ1) is 17.3. The highest BCUT2D eigenvalue weighted by molar-refractivity contribution is 5.95. The molecule has 6 nitrogen and oxygen atoms in total. The number of anilines is 5. The third kappa shape index (κ3) is 6.26. The van der Waals surface area contributed by atoms with E-state index in [9.17, 15) is 18.0 Å². The van der Waals surface area contributed by atoms with E-state index in [1.807, 2.05) is 48.5 Å². The Kier molecular flexibility index (Phi) is 7.29. The molecule has 36 heavy (non-hydrogen) atoms. The molecular formula is C27H23F3N4O2. The van der Waals surface area contributed by atoms with Crippen molar-refractivity contribution >= 4 is 34.3 Å². The summed E-state index contributed by atoms with van der Waals surface area (Å²) in [4.78, 5) is 12.4. The molecule has 4 aromatic carbocycles. The van der Waals surface area contributed by atoms with Gasteiger partial charge in [0.25, 0.3) is 5.91 Å². The van der Waals surface area contributed by atoms with Gasteiger partial charge >= 0.3 is 6.18 Å². The molecular weight excluding hydrogens is 469 g/mol. The SMILES string of the molecule is COc1ccc(Nc2ccc(Nc3ccc(C(=O)NNc4ccccc4C(F)(F)F)cc3)cc2)cc1. The topological polar surface area (TPSA) is 74.4 Å². The second-order valence-corrected chi connectivity index (χ2v) is 7.76. The molecule has 0 aromatic heterocycles. The van der Waals surface area contributed by atoms with Crippen LogP contribution in [0.3, 0.4) is 0 Å². The molecule has 0 heterocycles. The number of halogens is 3. The Labute approximate surface area is 206 Å². The summed E-state index contributed by atoms with van der Waals surface area (Å²) in [5.41, 5.74) is 7.29. The molecule has 0 radical (unpaired) electrons. The van der Waals surface area contributed by atoms with Crippen molar-refractivity contribution in [2.75, 3.05) is 23.2 Å². The van der Waals surface area contributed by atoms with Crippen molar-refractivity contribution in [3.63, 3.8) is 0 Å². The zero-order valence-corrected chi connectivity index (χ0v) is 19.2. The van der Waals surface area contributed by atoms with E-state index in [4.69, 9.17) is 4.74 Å². The van der Waals surface area contributed by atoms with Gasteiger partial charge < -0.3 is 15.4 Å². The van der Waals surface area contributed by atoms with Crippen molar-refractivity contribution in [3.8, 4) is 5.75 Å². The fourth-order valence-corrected chi connectivity index (χ4v) is 3.39. The molecule has 0 spiro atoms. The molecule has 0 saturated carbocycles. The zero-order chi connectivity index (χ0) is 25.5. The van der Waals surface area contributed by atoms with Gasteiger partial charge in [-0.05, 0) is 84.9 Å². The predicted octanol–water partition coefficient (Wildman–Crippen LogP) is 6.96.